The summed E-state index contributed by atoms with van der Waals surface area (Å²) in [5, 5.41) is 2.03. The first-order valence-corrected chi connectivity index (χ1v) is 7.18. The molecule has 1 aromatic heterocycles. The number of carbonyl (C=O) groups excluding carboxylic acids is 1. The molecule has 4 heteroatoms. The van der Waals surface area contributed by atoms with Gasteiger partial charge in [-0.05, 0) is 46.1 Å². The van der Waals surface area contributed by atoms with Gasteiger partial charge >= 0.3 is 0 Å². The maximum absolute atomic E-state index is 12.6. The Bertz CT molecular complexity index is 390. The first-order chi connectivity index (χ1) is 8.20. The van der Waals surface area contributed by atoms with Crippen molar-refractivity contribution in [2.45, 2.75) is 46.7 Å². The Balaban J connectivity index is 2.86. The third-order valence-electron chi connectivity index (χ3n) is 3.74. The molecule has 1 heterocycles. The highest BCUT2D eigenvalue weighted by atomic mass is 32.1. The van der Waals surface area contributed by atoms with Gasteiger partial charge in [0.05, 0.1) is 12.0 Å². The SMILES string of the molecule is CCN(Cc1cccs1)C(=O)C(C)(C)C(C)(C)N. The molecule has 0 aliphatic carbocycles. The molecule has 0 aliphatic rings. The molecule has 2 N–H and O–H groups in total. The Kier molecular flexibility index (Phi) is 4.56. The number of rotatable bonds is 5. The second-order valence-electron chi connectivity index (χ2n) is 5.75. The van der Waals surface area contributed by atoms with Gasteiger partial charge in [-0.3, -0.25) is 4.79 Å². The molecule has 1 amide bonds. The summed E-state index contributed by atoms with van der Waals surface area (Å²) in [7, 11) is 0. The number of carbonyl (C=O) groups is 1. The summed E-state index contributed by atoms with van der Waals surface area (Å²) in [5.74, 6) is 0.117. The van der Waals surface area contributed by atoms with E-state index >= 15 is 0 Å². The molecule has 0 fully saturated rings. The van der Waals surface area contributed by atoms with E-state index in [0.717, 1.165) is 0 Å². The monoisotopic (exact) mass is 268 g/mol. The van der Waals surface area contributed by atoms with Gasteiger partial charge in [0.2, 0.25) is 5.91 Å². The van der Waals surface area contributed by atoms with Crippen LogP contribution in [0.15, 0.2) is 17.5 Å². The third-order valence-corrected chi connectivity index (χ3v) is 4.60. The first-order valence-electron chi connectivity index (χ1n) is 6.30. The number of thiophene rings is 1. The van der Waals surface area contributed by atoms with E-state index in [4.69, 9.17) is 5.73 Å². The fourth-order valence-corrected chi connectivity index (χ4v) is 2.31. The molecule has 18 heavy (non-hydrogen) atoms. The zero-order valence-electron chi connectivity index (χ0n) is 12.0. The van der Waals surface area contributed by atoms with Crippen LogP contribution in [0.2, 0.25) is 0 Å². The fourth-order valence-electron chi connectivity index (χ4n) is 1.59. The summed E-state index contributed by atoms with van der Waals surface area (Å²) in [6.07, 6.45) is 0. The van der Waals surface area contributed by atoms with E-state index in [0.29, 0.717) is 13.1 Å². The maximum Gasteiger partial charge on any atom is 0.230 e. The topological polar surface area (TPSA) is 46.3 Å². The summed E-state index contributed by atoms with van der Waals surface area (Å²) >= 11 is 1.68. The highest BCUT2D eigenvalue weighted by molar-refractivity contribution is 7.09. The smallest absolute Gasteiger partial charge is 0.230 e. The van der Waals surface area contributed by atoms with Gasteiger partial charge in [0.25, 0.3) is 0 Å². The Morgan fingerprint density at radius 3 is 2.39 bits per heavy atom. The summed E-state index contributed by atoms with van der Waals surface area (Å²) in [6, 6.07) is 4.07. The van der Waals surface area contributed by atoms with Crippen LogP contribution in [0.5, 0.6) is 0 Å². The van der Waals surface area contributed by atoms with Gasteiger partial charge in [0.1, 0.15) is 0 Å². The highest BCUT2D eigenvalue weighted by Gasteiger charge is 2.42. The highest BCUT2D eigenvalue weighted by Crippen LogP contribution is 2.31. The van der Waals surface area contributed by atoms with E-state index in [1.165, 1.54) is 4.88 Å². The minimum absolute atomic E-state index is 0.117. The van der Waals surface area contributed by atoms with E-state index in [-0.39, 0.29) is 5.91 Å². The van der Waals surface area contributed by atoms with Gasteiger partial charge in [0, 0.05) is 17.0 Å². The molecule has 1 aromatic rings. The lowest BCUT2D eigenvalue weighted by atomic mass is 9.74. The van der Waals surface area contributed by atoms with Crippen molar-refractivity contribution in [3.63, 3.8) is 0 Å². The summed E-state index contributed by atoms with van der Waals surface area (Å²) in [4.78, 5) is 15.7. The molecule has 0 aliphatic heterocycles. The third kappa shape index (κ3) is 3.12. The molecule has 0 unspecified atom stereocenters. The number of nitrogens with zero attached hydrogens (tertiary/aromatic N) is 1. The normalized spacial score (nSPS) is 12.6. The van der Waals surface area contributed by atoms with Gasteiger partial charge in [-0.1, -0.05) is 6.07 Å². The predicted octanol–water partition coefficient (Wildman–Crippen LogP) is 2.86. The van der Waals surface area contributed by atoms with Crippen LogP contribution >= 0.6 is 11.3 Å². The van der Waals surface area contributed by atoms with Crippen LogP contribution in [0.4, 0.5) is 0 Å². The van der Waals surface area contributed by atoms with Crippen LogP contribution in [-0.4, -0.2) is 22.9 Å². The Morgan fingerprint density at radius 2 is 2.00 bits per heavy atom. The largest absolute Gasteiger partial charge is 0.337 e. The summed E-state index contributed by atoms with van der Waals surface area (Å²) in [5.41, 5.74) is 5.03. The Morgan fingerprint density at radius 1 is 1.39 bits per heavy atom. The standard InChI is InChI=1S/C14H24N2OS/c1-6-16(10-11-8-7-9-18-11)12(17)13(2,3)14(4,5)15/h7-9H,6,10,15H2,1-5H3. The quantitative estimate of drug-likeness (QED) is 0.892. The van der Waals surface area contributed by atoms with Crippen molar-refractivity contribution < 1.29 is 4.79 Å². The molecule has 0 atom stereocenters. The molecule has 0 saturated heterocycles. The number of hydrogen-bond donors (Lipinski definition) is 1. The van der Waals surface area contributed by atoms with Crippen LogP contribution in [0.1, 0.15) is 39.5 Å². The number of hydrogen-bond acceptors (Lipinski definition) is 3. The van der Waals surface area contributed by atoms with Crippen LogP contribution in [0.25, 0.3) is 0 Å². The molecule has 102 valence electrons. The second kappa shape index (κ2) is 5.41. The molecule has 0 bridgehead atoms. The van der Waals surface area contributed by atoms with Gasteiger partial charge in [0.15, 0.2) is 0 Å². The lowest BCUT2D eigenvalue weighted by Crippen LogP contribution is -2.56. The Hall–Kier alpha value is -0.870. The minimum atomic E-state index is -0.569. The van der Waals surface area contributed by atoms with E-state index in [9.17, 15) is 4.79 Å². The first kappa shape index (κ1) is 15.2. The average molecular weight is 268 g/mol. The molecule has 0 aromatic carbocycles. The van der Waals surface area contributed by atoms with Crippen molar-refractivity contribution in [3.05, 3.63) is 22.4 Å². The molecule has 3 nitrogen and oxygen atoms in total. The molecule has 1 rings (SSSR count). The van der Waals surface area contributed by atoms with E-state index in [2.05, 4.69) is 6.07 Å². The van der Waals surface area contributed by atoms with Crippen LogP contribution in [0, 0.1) is 5.41 Å². The summed E-state index contributed by atoms with van der Waals surface area (Å²) in [6.45, 7) is 11.0. The molecule has 0 radical (unpaired) electrons. The van der Waals surface area contributed by atoms with Crippen LogP contribution in [0.3, 0.4) is 0 Å². The Labute approximate surface area is 114 Å². The van der Waals surface area contributed by atoms with Crippen molar-refractivity contribution >= 4 is 17.2 Å². The van der Waals surface area contributed by atoms with Crippen molar-refractivity contribution in [2.24, 2.45) is 11.1 Å². The fraction of sp³-hybridized carbons (Fsp3) is 0.643. The second-order valence-corrected chi connectivity index (χ2v) is 6.78. The maximum atomic E-state index is 12.6. The zero-order valence-corrected chi connectivity index (χ0v) is 12.8. The van der Waals surface area contributed by atoms with E-state index in [1.807, 2.05) is 51.0 Å². The van der Waals surface area contributed by atoms with Gasteiger partial charge < -0.3 is 10.6 Å². The molecular formula is C14H24N2OS. The summed E-state index contributed by atoms with van der Waals surface area (Å²) < 4.78 is 0. The van der Waals surface area contributed by atoms with Crippen molar-refractivity contribution in [1.29, 1.82) is 0 Å². The van der Waals surface area contributed by atoms with Crippen LogP contribution < -0.4 is 5.73 Å². The minimum Gasteiger partial charge on any atom is -0.337 e. The van der Waals surface area contributed by atoms with Crippen molar-refractivity contribution in [1.82, 2.24) is 4.90 Å². The molecule has 0 saturated carbocycles. The van der Waals surface area contributed by atoms with Gasteiger partial charge in [-0.15, -0.1) is 11.3 Å². The average Bonchev–Trinajstić information content (AvgIpc) is 2.75. The van der Waals surface area contributed by atoms with Crippen molar-refractivity contribution in [2.75, 3.05) is 6.54 Å². The zero-order chi connectivity index (χ0) is 14.0. The number of amides is 1. The van der Waals surface area contributed by atoms with Gasteiger partial charge in [-0.2, -0.15) is 0 Å². The number of nitrogens with two attached hydrogens (primary N) is 1. The lowest BCUT2D eigenvalue weighted by Gasteiger charge is -2.40. The van der Waals surface area contributed by atoms with Crippen LogP contribution in [-0.2, 0) is 11.3 Å². The van der Waals surface area contributed by atoms with E-state index in [1.54, 1.807) is 11.3 Å². The lowest BCUT2D eigenvalue weighted by molar-refractivity contribution is -0.143. The molecular weight excluding hydrogens is 244 g/mol. The predicted molar refractivity (Wildman–Crippen MR) is 77.5 cm³/mol. The van der Waals surface area contributed by atoms with E-state index < -0.39 is 11.0 Å². The molecule has 0 spiro atoms. The van der Waals surface area contributed by atoms with Gasteiger partial charge in [-0.25, -0.2) is 0 Å². The van der Waals surface area contributed by atoms with Crippen molar-refractivity contribution in [3.8, 4) is 0 Å².